The van der Waals surface area contributed by atoms with Crippen LogP contribution < -0.4 is 4.90 Å². The second kappa shape index (κ2) is 6.19. The molecule has 1 unspecified atom stereocenters. The van der Waals surface area contributed by atoms with Crippen molar-refractivity contribution in [3.05, 3.63) is 46.0 Å². The van der Waals surface area contributed by atoms with Crippen LogP contribution in [0.25, 0.3) is 10.8 Å². The van der Waals surface area contributed by atoms with Gasteiger partial charge in [-0.2, -0.15) is 0 Å². The highest BCUT2D eigenvalue weighted by Crippen LogP contribution is 2.45. The monoisotopic (exact) mass is 362 g/mol. The number of nitro benzene ring substituents is 1. The summed E-state index contributed by atoms with van der Waals surface area (Å²) < 4.78 is 5.47. The Hall–Kier alpha value is -2.34. The Morgan fingerprint density at radius 3 is 2.68 bits per heavy atom. The Morgan fingerprint density at radius 1 is 1.36 bits per heavy atom. The molecule has 1 aliphatic heterocycles. The fourth-order valence-electron chi connectivity index (χ4n) is 3.20. The molecule has 1 aliphatic rings. The van der Waals surface area contributed by atoms with E-state index in [-0.39, 0.29) is 17.5 Å². The van der Waals surface area contributed by atoms with Crippen LogP contribution in [0.1, 0.15) is 32.3 Å². The summed E-state index contributed by atoms with van der Waals surface area (Å²) in [4.78, 5) is 25.2. The molecule has 1 amide bonds. The summed E-state index contributed by atoms with van der Waals surface area (Å²) in [5.74, 6) is 0.0752. The van der Waals surface area contributed by atoms with Crippen molar-refractivity contribution in [3.63, 3.8) is 0 Å². The number of amides is 1. The largest absolute Gasteiger partial charge is 0.443 e. The molecule has 0 bridgehead atoms. The molecule has 0 fully saturated rings. The van der Waals surface area contributed by atoms with Gasteiger partial charge in [0, 0.05) is 24.4 Å². The molecule has 2 aromatic carbocycles. The quantitative estimate of drug-likeness (QED) is 0.436. The standard InChI is InChI=1S/C18H19ClN2O4/c1-18(2,3)25-17(22)20-10-12(9-19)16-13(20)8-7-11-5-4-6-14(15(11)16)21(23)24/h4-8,12H,9-10H2,1-3H3. The number of anilines is 1. The summed E-state index contributed by atoms with van der Waals surface area (Å²) >= 11 is 6.12. The van der Waals surface area contributed by atoms with Crippen LogP contribution in [-0.4, -0.2) is 29.0 Å². The van der Waals surface area contributed by atoms with Gasteiger partial charge in [0.05, 0.1) is 16.0 Å². The fraction of sp³-hybridized carbons (Fsp3) is 0.389. The van der Waals surface area contributed by atoms with Gasteiger partial charge in [-0.15, -0.1) is 11.6 Å². The Bertz CT molecular complexity index is 860. The highest BCUT2D eigenvalue weighted by molar-refractivity contribution is 6.19. The van der Waals surface area contributed by atoms with Gasteiger partial charge in [-0.25, -0.2) is 4.79 Å². The number of halogens is 1. The summed E-state index contributed by atoms with van der Waals surface area (Å²) in [7, 11) is 0. The van der Waals surface area contributed by atoms with Gasteiger partial charge < -0.3 is 4.74 Å². The molecular weight excluding hydrogens is 344 g/mol. The van der Waals surface area contributed by atoms with E-state index in [0.29, 0.717) is 17.6 Å². The third-order valence-corrected chi connectivity index (χ3v) is 4.51. The van der Waals surface area contributed by atoms with Crippen LogP contribution in [0.4, 0.5) is 16.2 Å². The van der Waals surface area contributed by atoms with Crippen LogP contribution in [0.5, 0.6) is 0 Å². The number of fused-ring (bicyclic) bond motifs is 3. The maximum Gasteiger partial charge on any atom is 0.414 e. The van der Waals surface area contributed by atoms with Gasteiger partial charge in [-0.05, 0) is 37.8 Å². The number of hydrogen-bond donors (Lipinski definition) is 0. The molecule has 0 spiro atoms. The lowest BCUT2D eigenvalue weighted by molar-refractivity contribution is -0.383. The summed E-state index contributed by atoms with van der Waals surface area (Å²) in [6.45, 7) is 5.74. The lowest BCUT2D eigenvalue weighted by Crippen LogP contribution is -2.36. The second-order valence-corrected chi connectivity index (χ2v) is 7.38. The normalized spacial score (nSPS) is 16.8. The van der Waals surface area contributed by atoms with Crippen molar-refractivity contribution in [2.75, 3.05) is 17.3 Å². The molecule has 1 heterocycles. The smallest absolute Gasteiger partial charge is 0.414 e. The Morgan fingerprint density at radius 2 is 2.08 bits per heavy atom. The molecule has 1 atom stereocenters. The first-order valence-electron chi connectivity index (χ1n) is 7.99. The fourth-order valence-corrected chi connectivity index (χ4v) is 3.45. The minimum Gasteiger partial charge on any atom is -0.443 e. The van der Waals surface area contributed by atoms with Crippen molar-refractivity contribution >= 4 is 39.8 Å². The van der Waals surface area contributed by atoms with E-state index in [1.54, 1.807) is 39.0 Å². The lowest BCUT2D eigenvalue weighted by Gasteiger charge is -2.25. The molecule has 6 nitrogen and oxygen atoms in total. The molecule has 132 valence electrons. The van der Waals surface area contributed by atoms with Gasteiger partial charge in [0.2, 0.25) is 0 Å². The van der Waals surface area contributed by atoms with E-state index < -0.39 is 16.6 Å². The zero-order valence-electron chi connectivity index (χ0n) is 14.3. The van der Waals surface area contributed by atoms with E-state index in [1.807, 2.05) is 6.07 Å². The third-order valence-electron chi connectivity index (χ3n) is 4.14. The minimum atomic E-state index is -0.626. The van der Waals surface area contributed by atoms with Crippen LogP contribution >= 0.6 is 11.6 Å². The number of carbonyl (C=O) groups is 1. The van der Waals surface area contributed by atoms with Gasteiger partial charge in [-0.3, -0.25) is 15.0 Å². The topological polar surface area (TPSA) is 72.7 Å². The van der Waals surface area contributed by atoms with Crippen LogP contribution in [0, 0.1) is 10.1 Å². The van der Waals surface area contributed by atoms with Crippen LogP contribution in [0.15, 0.2) is 30.3 Å². The lowest BCUT2D eigenvalue weighted by atomic mass is 9.95. The van der Waals surface area contributed by atoms with E-state index in [0.717, 1.165) is 10.9 Å². The highest BCUT2D eigenvalue weighted by atomic mass is 35.5. The third kappa shape index (κ3) is 3.14. The molecule has 3 rings (SSSR count). The van der Waals surface area contributed by atoms with Crippen molar-refractivity contribution in [1.82, 2.24) is 0 Å². The van der Waals surface area contributed by atoms with E-state index >= 15 is 0 Å². The van der Waals surface area contributed by atoms with Crippen LogP contribution in [0.2, 0.25) is 0 Å². The second-order valence-electron chi connectivity index (χ2n) is 7.07. The molecule has 7 heteroatoms. The number of hydrogen-bond acceptors (Lipinski definition) is 4. The molecule has 25 heavy (non-hydrogen) atoms. The maximum absolute atomic E-state index is 12.6. The predicted molar refractivity (Wildman–Crippen MR) is 97.6 cm³/mol. The van der Waals surface area contributed by atoms with E-state index in [9.17, 15) is 14.9 Å². The molecule has 0 aliphatic carbocycles. The van der Waals surface area contributed by atoms with Gasteiger partial charge >= 0.3 is 6.09 Å². The number of ether oxygens (including phenoxy) is 1. The van der Waals surface area contributed by atoms with E-state index in [2.05, 4.69) is 0 Å². The van der Waals surface area contributed by atoms with Gasteiger partial charge in [-0.1, -0.05) is 18.2 Å². The molecule has 0 radical (unpaired) electrons. The van der Waals surface area contributed by atoms with Gasteiger partial charge in [0.15, 0.2) is 0 Å². The minimum absolute atomic E-state index is 0.0236. The average molecular weight is 363 g/mol. The highest BCUT2D eigenvalue weighted by Gasteiger charge is 2.37. The summed E-state index contributed by atoms with van der Waals surface area (Å²) in [5, 5.41) is 12.8. The number of carbonyl (C=O) groups excluding carboxylic acids is 1. The van der Waals surface area contributed by atoms with Crippen molar-refractivity contribution in [2.24, 2.45) is 0 Å². The number of nitro groups is 1. The number of nitrogens with zero attached hydrogens (tertiary/aromatic N) is 2. The van der Waals surface area contributed by atoms with Crippen molar-refractivity contribution in [2.45, 2.75) is 32.3 Å². The van der Waals surface area contributed by atoms with Crippen molar-refractivity contribution in [3.8, 4) is 0 Å². The predicted octanol–water partition coefficient (Wildman–Crippen LogP) is 4.83. The molecule has 0 aromatic heterocycles. The van der Waals surface area contributed by atoms with Crippen molar-refractivity contribution < 1.29 is 14.5 Å². The van der Waals surface area contributed by atoms with Crippen LogP contribution in [-0.2, 0) is 4.74 Å². The zero-order valence-corrected chi connectivity index (χ0v) is 15.0. The molecule has 0 saturated heterocycles. The molecule has 0 N–H and O–H groups in total. The number of benzene rings is 2. The zero-order chi connectivity index (χ0) is 18.4. The number of alkyl halides is 1. The van der Waals surface area contributed by atoms with Gasteiger partial charge in [0.1, 0.15) is 5.60 Å². The summed E-state index contributed by atoms with van der Waals surface area (Å²) in [6, 6.07) is 8.55. The van der Waals surface area contributed by atoms with E-state index in [1.165, 1.54) is 11.0 Å². The summed E-state index contributed by atoms with van der Waals surface area (Å²) in [6.07, 6.45) is -0.473. The average Bonchev–Trinajstić information content (AvgIpc) is 2.91. The number of non-ortho nitro benzene ring substituents is 1. The first kappa shape index (κ1) is 17.5. The molecule has 2 aromatic rings. The summed E-state index contributed by atoms with van der Waals surface area (Å²) in [5.41, 5.74) is 0.766. The Kier molecular flexibility index (Phi) is 4.33. The van der Waals surface area contributed by atoms with Crippen LogP contribution in [0.3, 0.4) is 0 Å². The molecular formula is C18H19ClN2O4. The van der Waals surface area contributed by atoms with Gasteiger partial charge in [0.25, 0.3) is 5.69 Å². The first-order chi connectivity index (χ1) is 11.7. The number of rotatable bonds is 2. The molecule has 0 saturated carbocycles. The maximum atomic E-state index is 12.6. The van der Waals surface area contributed by atoms with E-state index in [4.69, 9.17) is 16.3 Å². The van der Waals surface area contributed by atoms with Crippen molar-refractivity contribution in [1.29, 1.82) is 0 Å². The Labute approximate surface area is 150 Å². The SMILES string of the molecule is CC(C)(C)OC(=O)N1CC(CCl)c2c1ccc1cccc([N+](=O)[O-])c21. The Balaban J connectivity index is 2.19. The first-order valence-corrected chi connectivity index (χ1v) is 8.53.